The molecule has 8 heteroatoms. The summed E-state index contributed by atoms with van der Waals surface area (Å²) in [6, 6.07) is 10.6. The van der Waals surface area contributed by atoms with Gasteiger partial charge in [0.2, 0.25) is 5.91 Å². The molecule has 29 heavy (non-hydrogen) atoms. The Morgan fingerprint density at radius 1 is 1.21 bits per heavy atom. The van der Waals surface area contributed by atoms with Crippen molar-refractivity contribution in [3.05, 3.63) is 57.0 Å². The molecule has 1 atom stereocenters. The third-order valence-corrected chi connectivity index (χ3v) is 5.41. The zero-order chi connectivity index (χ0) is 21.1. The summed E-state index contributed by atoms with van der Waals surface area (Å²) >= 11 is 9.28. The topological polar surface area (TPSA) is 75.7 Å². The summed E-state index contributed by atoms with van der Waals surface area (Å²) in [7, 11) is 0. The van der Waals surface area contributed by atoms with Gasteiger partial charge >= 0.3 is 5.97 Å². The van der Waals surface area contributed by atoms with Crippen LogP contribution in [0.2, 0.25) is 5.02 Å². The number of carbonyl (C=O) groups is 3. The van der Waals surface area contributed by atoms with Gasteiger partial charge in [0.1, 0.15) is 0 Å². The first-order chi connectivity index (χ1) is 13.7. The SMILES string of the molecule is Cc1cc(Br)cc(C)c1NC(=O)COC(=O)[C@@H]1CC(=O)N(c2ccc(Cl)cc2)C1. The van der Waals surface area contributed by atoms with Crippen molar-refractivity contribution in [2.24, 2.45) is 5.92 Å². The van der Waals surface area contributed by atoms with Gasteiger partial charge in [-0.05, 0) is 61.4 Å². The molecular weight excluding hydrogens is 460 g/mol. The number of anilines is 2. The second kappa shape index (κ2) is 8.97. The van der Waals surface area contributed by atoms with E-state index < -0.39 is 24.4 Å². The standard InChI is InChI=1S/C21H20BrClN2O4/c1-12-7-15(22)8-13(2)20(12)24-18(26)11-29-21(28)14-9-19(27)25(10-14)17-5-3-16(23)4-6-17/h3-8,14H,9-11H2,1-2H3,(H,24,26)/t14-/m1/s1. The van der Waals surface area contributed by atoms with Crippen LogP contribution in [0, 0.1) is 19.8 Å². The van der Waals surface area contributed by atoms with Crippen LogP contribution in [0.5, 0.6) is 0 Å². The molecule has 2 aromatic rings. The van der Waals surface area contributed by atoms with Gasteiger partial charge < -0.3 is 15.0 Å². The predicted molar refractivity (Wildman–Crippen MR) is 115 cm³/mol. The molecule has 1 N–H and O–H groups in total. The number of nitrogens with zero attached hydrogens (tertiary/aromatic N) is 1. The molecule has 0 aliphatic carbocycles. The van der Waals surface area contributed by atoms with E-state index in [4.69, 9.17) is 16.3 Å². The number of esters is 1. The molecule has 1 heterocycles. The second-order valence-corrected chi connectivity index (χ2v) is 8.30. The van der Waals surface area contributed by atoms with E-state index in [1.165, 1.54) is 4.90 Å². The maximum absolute atomic E-state index is 12.3. The fourth-order valence-electron chi connectivity index (χ4n) is 3.27. The average Bonchev–Trinajstić information content (AvgIpc) is 3.05. The predicted octanol–water partition coefficient (Wildman–Crippen LogP) is 4.25. The summed E-state index contributed by atoms with van der Waals surface area (Å²) in [5, 5.41) is 3.34. The maximum atomic E-state index is 12.3. The highest BCUT2D eigenvalue weighted by Crippen LogP contribution is 2.27. The second-order valence-electron chi connectivity index (χ2n) is 6.95. The Kier molecular flexibility index (Phi) is 6.59. The molecule has 1 aliphatic rings. The average molecular weight is 480 g/mol. The van der Waals surface area contributed by atoms with Gasteiger partial charge in [0, 0.05) is 33.8 Å². The van der Waals surface area contributed by atoms with E-state index in [1.807, 2.05) is 26.0 Å². The van der Waals surface area contributed by atoms with E-state index >= 15 is 0 Å². The molecule has 152 valence electrons. The van der Waals surface area contributed by atoms with Crippen LogP contribution in [0.3, 0.4) is 0 Å². The van der Waals surface area contributed by atoms with Crippen molar-refractivity contribution in [2.45, 2.75) is 20.3 Å². The van der Waals surface area contributed by atoms with Crippen LogP contribution in [0.4, 0.5) is 11.4 Å². The summed E-state index contributed by atoms with van der Waals surface area (Å²) in [6.45, 7) is 3.58. The van der Waals surface area contributed by atoms with Crippen LogP contribution in [0.1, 0.15) is 17.5 Å². The van der Waals surface area contributed by atoms with Crippen LogP contribution < -0.4 is 10.2 Å². The molecule has 3 rings (SSSR count). The minimum absolute atomic E-state index is 0.0496. The van der Waals surface area contributed by atoms with Gasteiger partial charge in [-0.25, -0.2) is 0 Å². The lowest BCUT2D eigenvalue weighted by Gasteiger charge is -2.16. The number of aryl methyl sites for hydroxylation is 2. The van der Waals surface area contributed by atoms with Crippen LogP contribution in [-0.2, 0) is 19.1 Å². The Labute approximate surface area is 182 Å². The Bertz CT molecular complexity index is 939. The Morgan fingerprint density at radius 2 is 1.83 bits per heavy atom. The molecule has 0 bridgehead atoms. The third kappa shape index (κ3) is 5.16. The zero-order valence-corrected chi connectivity index (χ0v) is 18.3. The van der Waals surface area contributed by atoms with Crippen molar-refractivity contribution >= 4 is 56.7 Å². The fourth-order valence-corrected chi connectivity index (χ4v) is 4.09. The molecule has 1 saturated heterocycles. The number of nitrogens with one attached hydrogen (secondary N) is 1. The van der Waals surface area contributed by atoms with Gasteiger partial charge in [0.05, 0.1) is 5.92 Å². The summed E-state index contributed by atoms with van der Waals surface area (Å²) in [5.41, 5.74) is 3.17. The molecule has 2 aromatic carbocycles. The summed E-state index contributed by atoms with van der Waals surface area (Å²) in [5.74, 6) is -1.76. The number of benzene rings is 2. The molecule has 0 radical (unpaired) electrons. The molecule has 1 aliphatic heterocycles. The highest BCUT2D eigenvalue weighted by molar-refractivity contribution is 9.10. The van der Waals surface area contributed by atoms with Gasteiger partial charge in [-0.1, -0.05) is 27.5 Å². The Morgan fingerprint density at radius 3 is 2.45 bits per heavy atom. The first kappa shape index (κ1) is 21.3. The molecule has 6 nitrogen and oxygen atoms in total. The van der Waals surface area contributed by atoms with Gasteiger partial charge in [0.25, 0.3) is 5.91 Å². The van der Waals surface area contributed by atoms with Crippen molar-refractivity contribution in [1.29, 1.82) is 0 Å². The van der Waals surface area contributed by atoms with E-state index in [0.717, 1.165) is 15.6 Å². The third-order valence-electron chi connectivity index (χ3n) is 4.70. The number of halogens is 2. The molecule has 2 amide bonds. The molecular formula is C21H20BrClN2O4. The normalized spacial score (nSPS) is 16.1. The monoisotopic (exact) mass is 478 g/mol. The Balaban J connectivity index is 1.55. The maximum Gasteiger partial charge on any atom is 0.311 e. The summed E-state index contributed by atoms with van der Waals surface area (Å²) < 4.78 is 6.08. The zero-order valence-electron chi connectivity index (χ0n) is 16.0. The number of hydrogen-bond acceptors (Lipinski definition) is 4. The first-order valence-corrected chi connectivity index (χ1v) is 10.2. The van der Waals surface area contributed by atoms with E-state index in [0.29, 0.717) is 16.4 Å². The first-order valence-electron chi connectivity index (χ1n) is 9.03. The van der Waals surface area contributed by atoms with Crippen LogP contribution in [0.25, 0.3) is 0 Å². The minimum atomic E-state index is -0.609. The van der Waals surface area contributed by atoms with Gasteiger partial charge in [-0.3, -0.25) is 14.4 Å². The quantitative estimate of drug-likeness (QED) is 0.651. The number of rotatable bonds is 5. The van der Waals surface area contributed by atoms with E-state index in [9.17, 15) is 14.4 Å². The number of ether oxygens (including phenoxy) is 1. The number of hydrogen-bond donors (Lipinski definition) is 1. The lowest BCUT2D eigenvalue weighted by atomic mass is 10.1. The van der Waals surface area contributed by atoms with Gasteiger partial charge in [0.15, 0.2) is 6.61 Å². The van der Waals surface area contributed by atoms with Crippen LogP contribution in [-0.4, -0.2) is 30.9 Å². The highest BCUT2D eigenvalue weighted by atomic mass is 79.9. The molecule has 0 spiro atoms. The molecule has 0 aromatic heterocycles. The number of carbonyl (C=O) groups excluding carboxylic acids is 3. The van der Waals surface area contributed by atoms with Crippen LogP contribution >= 0.6 is 27.5 Å². The minimum Gasteiger partial charge on any atom is -0.455 e. The van der Waals surface area contributed by atoms with Gasteiger partial charge in [-0.2, -0.15) is 0 Å². The lowest BCUT2D eigenvalue weighted by Crippen LogP contribution is -2.28. The van der Waals surface area contributed by atoms with E-state index in [1.54, 1.807) is 24.3 Å². The smallest absolute Gasteiger partial charge is 0.311 e. The lowest BCUT2D eigenvalue weighted by molar-refractivity contribution is -0.151. The summed E-state index contributed by atoms with van der Waals surface area (Å²) in [6.07, 6.45) is 0.0496. The van der Waals surface area contributed by atoms with E-state index in [-0.39, 0.29) is 18.9 Å². The number of amides is 2. The molecule has 0 unspecified atom stereocenters. The fraction of sp³-hybridized carbons (Fsp3) is 0.286. The van der Waals surface area contributed by atoms with E-state index in [2.05, 4.69) is 21.2 Å². The van der Waals surface area contributed by atoms with Crippen molar-refractivity contribution in [3.8, 4) is 0 Å². The largest absolute Gasteiger partial charge is 0.455 e. The van der Waals surface area contributed by atoms with Crippen LogP contribution in [0.15, 0.2) is 40.9 Å². The molecule has 0 saturated carbocycles. The van der Waals surface area contributed by atoms with Gasteiger partial charge in [-0.15, -0.1) is 0 Å². The Hall–Kier alpha value is -2.38. The highest BCUT2D eigenvalue weighted by Gasteiger charge is 2.36. The summed E-state index contributed by atoms with van der Waals surface area (Å²) in [4.78, 5) is 38.3. The van der Waals surface area contributed by atoms with Crippen molar-refractivity contribution < 1.29 is 19.1 Å². The molecule has 1 fully saturated rings. The van der Waals surface area contributed by atoms with Crippen molar-refractivity contribution in [2.75, 3.05) is 23.4 Å². The van der Waals surface area contributed by atoms with Crippen molar-refractivity contribution in [1.82, 2.24) is 0 Å². The van der Waals surface area contributed by atoms with Crippen molar-refractivity contribution in [3.63, 3.8) is 0 Å².